The fourth-order valence-electron chi connectivity index (χ4n) is 1.99. The molecule has 1 aromatic carbocycles. The van der Waals surface area contributed by atoms with Gasteiger partial charge in [-0.25, -0.2) is 0 Å². The summed E-state index contributed by atoms with van der Waals surface area (Å²) in [5, 5.41) is 3.15. The molecule has 0 atom stereocenters. The zero-order valence-electron chi connectivity index (χ0n) is 13.3. The predicted octanol–water partition coefficient (Wildman–Crippen LogP) is 3.09. The van der Waals surface area contributed by atoms with Gasteiger partial charge in [0.05, 0.1) is 0 Å². The quantitative estimate of drug-likeness (QED) is 0.620. The van der Waals surface area contributed by atoms with Crippen molar-refractivity contribution in [2.24, 2.45) is 16.1 Å². The van der Waals surface area contributed by atoms with Crippen molar-refractivity contribution in [3.8, 4) is 0 Å². The van der Waals surface area contributed by atoms with Crippen molar-refractivity contribution in [1.29, 1.82) is 0 Å². The van der Waals surface area contributed by atoms with E-state index in [0.29, 0.717) is 12.5 Å². The third-order valence-electron chi connectivity index (χ3n) is 3.15. The van der Waals surface area contributed by atoms with Crippen LogP contribution in [0.4, 0.5) is 5.69 Å². The Morgan fingerprint density at radius 2 is 1.85 bits per heavy atom. The van der Waals surface area contributed by atoms with Crippen molar-refractivity contribution in [3.63, 3.8) is 0 Å². The summed E-state index contributed by atoms with van der Waals surface area (Å²) in [5.74, 6) is 0.459. The molecule has 0 bridgehead atoms. The highest BCUT2D eigenvalue weighted by molar-refractivity contribution is 5.92. The molecule has 0 saturated carbocycles. The molecule has 0 aromatic heterocycles. The fourth-order valence-corrected chi connectivity index (χ4v) is 1.99. The van der Waals surface area contributed by atoms with Crippen molar-refractivity contribution in [2.75, 3.05) is 25.6 Å². The second-order valence-electron chi connectivity index (χ2n) is 6.11. The van der Waals surface area contributed by atoms with Gasteiger partial charge in [0.15, 0.2) is 5.96 Å². The van der Waals surface area contributed by atoms with Crippen molar-refractivity contribution in [3.05, 3.63) is 29.3 Å². The molecule has 0 saturated heterocycles. The number of hydrogen-bond acceptors (Lipinski definition) is 2. The molecule has 0 aliphatic carbocycles. The van der Waals surface area contributed by atoms with Gasteiger partial charge < -0.3 is 15.8 Å². The van der Waals surface area contributed by atoms with Crippen LogP contribution in [0.3, 0.4) is 0 Å². The monoisotopic (exact) mass is 277 g/mol. The van der Waals surface area contributed by atoms with E-state index in [2.05, 4.69) is 56.2 Å². The summed E-state index contributed by atoms with van der Waals surface area (Å²) >= 11 is 0. The van der Waals surface area contributed by atoms with Crippen LogP contribution in [0.25, 0.3) is 0 Å². The normalized spacial score (nSPS) is 12.6. The standard InChI is InChI=1S/C16H27N3O/c1-12-8-13(2)10-14(9-12)19-15(17)18-11-16(3,4)6-7-20-5/h8-10H,6-7,11H2,1-5H3,(H3,17,18,19). The molecule has 0 spiro atoms. The molecule has 0 aliphatic heterocycles. The molecule has 0 radical (unpaired) electrons. The molecule has 1 rings (SSSR count). The molecular weight excluding hydrogens is 250 g/mol. The molecule has 0 unspecified atom stereocenters. The number of aryl methyl sites for hydroxylation is 2. The number of rotatable bonds is 6. The number of guanidine groups is 1. The SMILES string of the molecule is COCCC(C)(C)CN=C(N)Nc1cc(C)cc(C)c1. The highest BCUT2D eigenvalue weighted by Gasteiger charge is 2.16. The van der Waals surface area contributed by atoms with E-state index in [-0.39, 0.29) is 5.41 Å². The van der Waals surface area contributed by atoms with Crippen molar-refractivity contribution in [2.45, 2.75) is 34.1 Å². The Labute approximate surface area is 122 Å². The maximum atomic E-state index is 5.95. The summed E-state index contributed by atoms with van der Waals surface area (Å²) in [6, 6.07) is 6.25. The summed E-state index contributed by atoms with van der Waals surface area (Å²) < 4.78 is 5.11. The van der Waals surface area contributed by atoms with Gasteiger partial charge in [-0.05, 0) is 48.9 Å². The zero-order valence-corrected chi connectivity index (χ0v) is 13.3. The number of methoxy groups -OCH3 is 1. The second kappa shape index (κ2) is 7.29. The van der Waals surface area contributed by atoms with Crippen LogP contribution in [-0.4, -0.2) is 26.2 Å². The smallest absolute Gasteiger partial charge is 0.193 e. The first kappa shape index (κ1) is 16.5. The van der Waals surface area contributed by atoms with E-state index >= 15 is 0 Å². The Kier molecular flexibility index (Phi) is 6.02. The minimum atomic E-state index is 0.0881. The Balaban J connectivity index is 2.61. The Hall–Kier alpha value is -1.55. The van der Waals surface area contributed by atoms with E-state index in [1.54, 1.807) is 7.11 Å². The second-order valence-corrected chi connectivity index (χ2v) is 6.11. The number of aliphatic imine (C=N–C) groups is 1. The molecule has 112 valence electrons. The van der Waals surface area contributed by atoms with Crippen LogP contribution in [0.2, 0.25) is 0 Å². The third kappa shape index (κ3) is 6.06. The van der Waals surface area contributed by atoms with Crippen LogP contribution in [-0.2, 0) is 4.74 Å². The Bertz CT molecular complexity index is 447. The van der Waals surface area contributed by atoms with Crippen LogP contribution in [0.1, 0.15) is 31.4 Å². The number of ether oxygens (including phenoxy) is 1. The lowest BCUT2D eigenvalue weighted by Crippen LogP contribution is -2.26. The molecule has 20 heavy (non-hydrogen) atoms. The van der Waals surface area contributed by atoms with Gasteiger partial charge in [0.25, 0.3) is 0 Å². The molecule has 4 nitrogen and oxygen atoms in total. The lowest BCUT2D eigenvalue weighted by atomic mass is 9.90. The summed E-state index contributed by atoms with van der Waals surface area (Å²) in [4.78, 5) is 4.43. The molecule has 4 heteroatoms. The summed E-state index contributed by atoms with van der Waals surface area (Å²) in [7, 11) is 1.72. The topological polar surface area (TPSA) is 59.6 Å². The van der Waals surface area contributed by atoms with E-state index in [9.17, 15) is 0 Å². The highest BCUT2D eigenvalue weighted by atomic mass is 16.5. The molecule has 1 aromatic rings. The van der Waals surface area contributed by atoms with Gasteiger partial charge in [-0.1, -0.05) is 19.9 Å². The minimum Gasteiger partial charge on any atom is -0.385 e. The van der Waals surface area contributed by atoms with E-state index < -0.39 is 0 Å². The number of nitrogens with zero attached hydrogens (tertiary/aromatic N) is 1. The Morgan fingerprint density at radius 3 is 2.40 bits per heavy atom. The van der Waals surface area contributed by atoms with Gasteiger partial charge in [0, 0.05) is 25.9 Å². The highest BCUT2D eigenvalue weighted by Crippen LogP contribution is 2.20. The summed E-state index contributed by atoms with van der Waals surface area (Å²) in [6.45, 7) is 9.89. The van der Waals surface area contributed by atoms with Crippen molar-refractivity contribution >= 4 is 11.6 Å². The molecule has 0 aliphatic rings. The number of hydrogen-bond donors (Lipinski definition) is 2. The van der Waals surface area contributed by atoms with Crippen LogP contribution < -0.4 is 11.1 Å². The van der Waals surface area contributed by atoms with E-state index in [1.165, 1.54) is 11.1 Å². The average molecular weight is 277 g/mol. The minimum absolute atomic E-state index is 0.0881. The molecule has 0 fully saturated rings. The van der Waals surface area contributed by atoms with E-state index in [4.69, 9.17) is 10.5 Å². The van der Waals surface area contributed by atoms with E-state index in [1.807, 2.05) is 0 Å². The summed E-state index contributed by atoms with van der Waals surface area (Å²) in [5.41, 5.74) is 9.44. The van der Waals surface area contributed by atoms with Gasteiger partial charge in [-0.3, -0.25) is 4.99 Å². The maximum absolute atomic E-state index is 5.95. The van der Waals surface area contributed by atoms with Gasteiger partial charge >= 0.3 is 0 Å². The first-order valence-electron chi connectivity index (χ1n) is 6.96. The van der Waals surface area contributed by atoms with Gasteiger partial charge in [-0.2, -0.15) is 0 Å². The van der Waals surface area contributed by atoms with Gasteiger partial charge in [-0.15, -0.1) is 0 Å². The first-order valence-corrected chi connectivity index (χ1v) is 6.96. The van der Waals surface area contributed by atoms with Crippen molar-refractivity contribution in [1.82, 2.24) is 0 Å². The van der Waals surface area contributed by atoms with Crippen molar-refractivity contribution < 1.29 is 4.74 Å². The van der Waals surface area contributed by atoms with Crippen LogP contribution in [0.5, 0.6) is 0 Å². The predicted molar refractivity (Wildman–Crippen MR) is 86.3 cm³/mol. The van der Waals surface area contributed by atoms with Crippen LogP contribution >= 0.6 is 0 Å². The number of benzene rings is 1. The van der Waals surface area contributed by atoms with E-state index in [0.717, 1.165) is 18.7 Å². The molecule has 0 heterocycles. The Morgan fingerprint density at radius 1 is 1.25 bits per heavy atom. The third-order valence-corrected chi connectivity index (χ3v) is 3.15. The van der Waals surface area contributed by atoms with Gasteiger partial charge in [0.1, 0.15) is 0 Å². The lowest BCUT2D eigenvalue weighted by Gasteiger charge is -2.22. The zero-order chi connectivity index (χ0) is 15.2. The average Bonchev–Trinajstić information content (AvgIpc) is 2.33. The largest absolute Gasteiger partial charge is 0.385 e. The van der Waals surface area contributed by atoms with Gasteiger partial charge in [0.2, 0.25) is 0 Å². The maximum Gasteiger partial charge on any atom is 0.193 e. The molecule has 3 N–H and O–H groups in total. The lowest BCUT2D eigenvalue weighted by molar-refractivity contribution is 0.155. The molecular formula is C16H27N3O. The molecule has 0 amide bonds. The first-order chi connectivity index (χ1) is 9.32. The van der Waals surface area contributed by atoms with Crippen LogP contribution in [0.15, 0.2) is 23.2 Å². The van der Waals surface area contributed by atoms with Crippen LogP contribution in [0, 0.1) is 19.3 Å². The number of nitrogens with two attached hydrogens (primary N) is 1. The number of nitrogens with one attached hydrogen (secondary N) is 1. The fraction of sp³-hybridized carbons (Fsp3) is 0.562. The summed E-state index contributed by atoms with van der Waals surface area (Å²) in [6.07, 6.45) is 0.962. The number of anilines is 1.